The van der Waals surface area contributed by atoms with Crippen LogP contribution in [0.3, 0.4) is 0 Å². The van der Waals surface area contributed by atoms with Crippen molar-refractivity contribution < 1.29 is 10.4 Å². The fraction of sp³-hybridized carbons (Fsp3) is 0.600. The van der Waals surface area contributed by atoms with Crippen molar-refractivity contribution in [2.24, 2.45) is 10.3 Å². The zero-order valence-electron chi connectivity index (χ0n) is 12.8. The van der Waals surface area contributed by atoms with Gasteiger partial charge in [-0.05, 0) is 43.5 Å². The van der Waals surface area contributed by atoms with Gasteiger partial charge in [-0.1, -0.05) is 22.5 Å². The minimum absolute atomic E-state index is 0. The van der Waals surface area contributed by atoms with Crippen LogP contribution in [0.4, 0.5) is 0 Å². The molecule has 0 fully saturated rings. The highest BCUT2D eigenvalue weighted by Crippen LogP contribution is 2.11. The van der Waals surface area contributed by atoms with E-state index in [1.807, 2.05) is 0 Å². The topological polar surface area (TPSA) is 71.7 Å². The Hall–Kier alpha value is -1.37. The van der Waals surface area contributed by atoms with Gasteiger partial charge in [-0.15, -0.1) is 12.4 Å². The highest BCUT2D eigenvalue weighted by Gasteiger charge is 2.13. The predicted octanol–water partition coefficient (Wildman–Crippen LogP) is 1.98. The van der Waals surface area contributed by atoms with Crippen LogP contribution in [0.1, 0.15) is 19.3 Å². The zero-order chi connectivity index (χ0) is 14.9. The molecular formula is C15H25ClN4O2. The van der Waals surface area contributed by atoms with Crippen LogP contribution in [-0.4, -0.2) is 71.9 Å². The molecule has 0 saturated carbocycles. The first kappa shape index (κ1) is 18.7. The van der Waals surface area contributed by atoms with Gasteiger partial charge >= 0.3 is 0 Å². The van der Waals surface area contributed by atoms with Gasteiger partial charge in [-0.3, -0.25) is 9.80 Å². The molecule has 0 unspecified atom stereocenters. The Kier molecular flexibility index (Phi) is 8.81. The first-order valence-corrected chi connectivity index (χ1v) is 7.49. The van der Waals surface area contributed by atoms with Crippen LogP contribution >= 0.6 is 12.4 Å². The number of hydrogen-bond acceptors (Lipinski definition) is 6. The first-order chi connectivity index (χ1) is 10.3. The Morgan fingerprint density at radius 1 is 0.909 bits per heavy atom. The molecular weight excluding hydrogens is 304 g/mol. The van der Waals surface area contributed by atoms with Crippen LogP contribution in [0.15, 0.2) is 33.6 Å². The Morgan fingerprint density at radius 3 is 1.68 bits per heavy atom. The van der Waals surface area contributed by atoms with E-state index in [1.54, 1.807) is 0 Å². The summed E-state index contributed by atoms with van der Waals surface area (Å²) < 4.78 is 0. The molecule has 0 bridgehead atoms. The highest BCUT2D eigenvalue weighted by atomic mass is 35.5. The van der Waals surface area contributed by atoms with Gasteiger partial charge in [-0.2, -0.15) is 0 Å². The summed E-state index contributed by atoms with van der Waals surface area (Å²) in [5.41, 5.74) is 2.24. The fourth-order valence-electron chi connectivity index (χ4n) is 2.76. The molecule has 0 aromatic carbocycles. The fourth-order valence-corrected chi connectivity index (χ4v) is 2.76. The normalized spacial score (nSPS) is 20.9. The molecule has 0 aliphatic carbocycles. The average Bonchev–Trinajstić information content (AvgIpc) is 2.51. The second-order valence-corrected chi connectivity index (χ2v) is 5.50. The van der Waals surface area contributed by atoms with E-state index in [9.17, 15) is 0 Å². The zero-order valence-corrected chi connectivity index (χ0v) is 13.6. The standard InChI is InChI=1S/C15H24N4O2.ClH/c20-16-12-14-2-8-18(9-3-14)6-1-7-19-10-4-15(5-11-19)13-17-21;/h2,4,12-13,20-21H,1,3,5-11H2;1H/b16-12+,17-13+;. The third-order valence-corrected chi connectivity index (χ3v) is 4.05. The van der Waals surface area contributed by atoms with Crippen molar-refractivity contribution in [3.63, 3.8) is 0 Å². The van der Waals surface area contributed by atoms with E-state index in [0.29, 0.717) is 0 Å². The summed E-state index contributed by atoms with van der Waals surface area (Å²) in [5, 5.41) is 23.2. The lowest BCUT2D eigenvalue weighted by Gasteiger charge is -2.28. The molecule has 0 spiro atoms. The minimum Gasteiger partial charge on any atom is -0.411 e. The van der Waals surface area contributed by atoms with Crippen molar-refractivity contribution in [2.45, 2.75) is 19.3 Å². The summed E-state index contributed by atoms with van der Waals surface area (Å²) in [6.07, 6.45) is 10.4. The summed E-state index contributed by atoms with van der Waals surface area (Å²) in [5.74, 6) is 0. The molecule has 2 aliphatic rings. The summed E-state index contributed by atoms with van der Waals surface area (Å²) in [7, 11) is 0. The second-order valence-electron chi connectivity index (χ2n) is 5.50. The molecule has 22 heavy (non-hydrogen) atoms. The van der Waals surface area contributed by atoms with E-state index in [1.165, 1.54) is 12.4 Å². The van der Waals surface area contributed by atoms with Crippen molar-refractivity contribution in [1.82, 2.24) is 9.80 Å². The van der Waals surface area contributed by atoms with E-state index in [0.717, 1.165) is 69.7 Å². The largest absolute Gasteiger partial charge is 0.411 e. The molecule has 0 aromatic heterocycles. The minimum atomic E-state index is 0. The number of oxime groups is 2. The number of rotatable bonds is 6. The molecule has 0 radical (unpaired) electrons. The monoisotopic (exact) mass is 328 g/mol. The molecule has 0 saturated heterocycles. The van der Waals surface area contributed by atoms with Gasteiger partial charge in [0.1, 0.15) is 0 Å². The number of hydrogen-bond donors (Lipinski definition) is 2. The van der Waals surface area contributed by atoms with E-state index in [2.05, 4.69) is 32.3 Å². The SMILES string of the molecule is Cl.O/N=C/C1=CCN(CCCN2CC=C(/C=N/O)CC2)CC1. The summed E-state index contributed by atoms with van der Waals surface area (Å²) in [6, 6.07) is 0. The molecule has 2 N–H and O–H groups in total. The quantitative estimate of drug-likeness (QED) is 0.444. The van der Waals surface area contributed by atoms with Gasteiger partial charge in [0, 0.05) is 26.2 Å². The smallest absolute Gasteiger partial charge is 0.0691 e. The Balaban J connectivity index is 0.00000242. The lowest BCUT2D eigenvalue weighted by molar-refractivity contribution is 0.244. The van der Waals surface area contributed by atoms with Crippen LogP contribution in [-0.2, 0) is 0 Å². The third kappa shape index (κ3) is 6.17. The predicted molar refractivity (Wildman–Crippen MR) is 90.7 cm³/mol. The van der Waals surface area contributed by atoms with E-state index in [4.69, 9.17) is 10.4 Å². The number of halogens is 1. The van der Waals surface area contributed by atoms with Crippen LogP contribution in [0, 0.1) is 0 Å². The van der Waals surface area contributed by atoms with Crippen LogP contribution in [0.5, 0.6) is 0 Å². The van der Waals surface area contributed by atoms with E-state index in [-0.39, 0.29) is 12.4 Å². The summed E-state index contributed by atoms with van der Waals surface area (Å²) in [6.45, 7) is 6.16. The molecule has 2 heterocycles. The van der Waals surface area contributed by atoms with Gasteiger partial charge in [0.05, 0.1) is 12.4 Å². The maximum absolute atomic E-state index is 8.51. The highest BCUT2D eigenvalue weighted by molar-refractivity contribution is 5.85. The van der Waals surface area contributed by atoms with Crippen molar-refractivity contribution in [1.29, 1.82) is 0 Å². The number of nitrogens with zero attached hydrogens (tertiary/aromatic N) is 4. The van der Waals surface area contributed by atoms with Gasteiger partial charge < -0.3 is 10.4 Å². The molecule has 2 aliphatic heterocycles. The molecule has 7 heteroatoms. The molecule has 6 nitrogen and oxygen atoms in total. The maximum atomic E-state index is 8.51. The molecule has 0 aromatic rings. The van der Waals surface area contributed by atoms with Crippen LogP contribution in [0.2, 0.25) is 0 Å². The summed E-state index contributed by atoms with van der Waals surface area (Å²) >= 11 is 0. The van der Waals surface area contributed by atoms with Gasteiger partial charge in [-0.25, -0.2) is 0 Å². The van der Waals surface area contributed by atoms with Gasteiger partial charge in [0.2, 0.25) is 0 Å². The van der Waals surface area contributed by atoms with Gasteiger partial charge in [0.25, 0.3) is 0 Å². The van der Waals surface area contributed by atoms with E-state index < -0.39 is 0 Å². The van der Waals surface area contributed by atoms with Crippen molar-refractivity contribution in [2.75, 3.05) is 39.3 Å². The average molecular weight is 329 g/mol. The Morgan fingerprint density at radius 2 is 1.36 bits per heavy atom. The van der Waals surface area contributed by atoms with Crippen LogP contribution < -0.4 is 0 Å². The van der Waals surface area contributed by atoms with Crippen molar-refractivity contribution >= 4 is 24.8 Å². The molecule has 2 rings (SSSR count). The molecule has 0 amide bonds. The maximum Gasteiger partial charge on any atom is 0.0691 e. The molecule has 0 atom stereocenters. The Bertz CT molecular complexity index is 409. The van der Waals surface area contributed by atoms with Crippen molar-refractivity contribution in [3.05, 3.63) is 23.3 Å². The third-order valence-electron chi connectivity index (χ3n) is 4.05. The second kappa shape index (κ2) is 10.4. The van der Waals surface area contributed by atoms with Crippen molar-refractivity contribution in [3.8, 4) is 0 Å². The van der Waals surface area contributed by atoms with Crippen LogP contribution in [0.25, 0.3) is 0 Å². The summed E-state index contributed by atoms with van der Waals surface area (Å²) in [4.78, 5) is 4.86. The van der Waals surface area contributed by atoms with Gasteiger partial charge in [0.15, 0.2) is 0 Å². The van der Waals surface area contributed by atoms with E-state index >= 15 is 0 Å². The Labute approximate surface area is 137 Å². The molecule has 124 valence electrons. The lowest BCUT2D eigenvalue weighted by Crippen LogP contribution is -2.34. The first-order valence-electron chi connectivity index (χ1n) is 7.49. The lowest BCUT2D eigenvalue weighted by atomic mass is 10.1.